The molecule has 24 heavy (non-hydrogen) atoms. The number of hydrogen-bond acceptors (Lipinski definition) is 4. The van der Waals surface area contributed by atoms with Crippen LogP contribution in [0.15, 0.2) is 42.5 Å². The lowest BCUT2D eigenvalue weighted by Crippen LogP contribution is -2.39. The van der Waals surface area contributed by atoms with Crippen LogP contribution in [0, 0.1) is 0 Å². The van der Waals surface area contributed by atoms with Gasteiger partial charge in [-0.05, 0) is 29.8 Å². The lowest BCUT2D eigenvalue weighted by atomic mass is 10.1. The quantitative estimate of drug-likeness (QED) is 0.748. The van der Waals surface area contributed by atoms with Crippen LogP contribution >= 0.6 is 11.6 Å². The van der Waals surface area contributed by atoms with Crippen molar-refractivity contribution >= 4 is 23.4 Å². The molecule has 2 rings (SSSR count). The third kappa shape index (κ3) is 5.11. The van der Waals surface area contributed by atoms with Gasteiger partial charge in [-0.25, -0.2) is 9.78 Å². The molecule has 0 bridgehead atoms. The summed E-state index contributed by atoms with van der Waals surface area (Å²) in [6, 6.07) is 11.7. The Bertz CT molecular complexity index is 677. The first-order valence-electron chi connectivity index (χ1n) is 7.53. The smallest absolute Gasteiger partial charge is 0.315 e. The van der Waals surface area contributed by atoms with Crippen LogP contribution in [0.25, 0.3) is 0 Å². The SMILES string of the molecule is CN(C)c1cccc(CNC(=O)NC(CO)c2ccc(Cl)cc2)n1. The van der Waals surface area contributed by atoms with Crippen LogP contribution < -0.4 is 15.5 Å². The van der Waals surface area contributed by atoms with Gasteiger partial charge in [0.2, 0.25) is 0 Å². The summed E-state index contributed by atoms with van der Waals surface area (Å²) < 4.78 is 0. The Hall–Kier alpha value is -2.31. The zero-order valence-electron chi connectivity index (χ0n) is 13.7. The van der Waals surface area contributed by atoms with E-state index in [1.54, 1.807) is 24.3 Å². The fourth-order valence-corrected chi connectivity index (χ4v) is 2.25. The van der Waals surface area contributed by atoms with Crippen molar-refractivity contribution in [2.45, 2.75) is 12.6 Å². The zero-order valence-corrected chi connectivity index (χ0v) is 14.4. The number of pyridine rings is 1. The highest BCUT2D eigenvalue weighted by Crippen LogP contribution is 2.16. The van der Waals surface area contributed by atoms with E-state index in [0.717, 1.165) is 17.1 Å². The highest BCUT2D eigenvalue weighted by molar-refractivity contribution is 6.30. The van der Waals surface area contributed by atoms with Gasteiger partial charge >= 0.3 is 6.03 Å². The second-order valence-electron chi connectivity index (χ2n) is 5.50. The molecular formula is C17H21ClN4O2. The number of nitrogens with one attached hydrogen (secondary N) is 2. The monoisotopic (exact) mass is 348 g/mol. The van der Waals surface area contributed by atoms with Gasteiger partial charge in [-0.2, -0.15) is 0 Å². The first-order chi connectivity index (χ1) is 11.5. The molecule has 0 spiro atoms. The number of aliphatic hydroxyl groups excluding tert-OH is 1. The van der Waals surface area contributed by atoms with E-state index < -0.39 is 6.04 Å². The van der Waals surface area contributed by atoms with E-state index in [2.05, 4.69) is 15.6 Å². The fourth-order valence-electron chi connectivity index (χ4n) is 2.12. The minimum atomic E-state index is -0.497. The average Bonchev–Trinajstić information content (AvgIpc) is 2.59. The standard InChI is InChI=1S/C17H21ClN4O2/c1-22(2)16-5-3-4-14(20-16)10-19-17(24)21-15(11-23)12-6-8-13(18)9-7-12/h3-9,15,23H,10-11H2,1-2H3,(H2,19,21,24). The summed E-state index contributed by atoms with van der Waals surface area (Å²) in [5.41, 5.74) is 1.54. The van der Waals surface area contributed by atoms with Gasteiger partial charge in [0.15, 0.2) is 0 Å². The van der Waals surface area contributed by atoms with Gasteiger partial charge in [0.1, 0.15) is 5.82 Å². The molecule has 1 atom stereocenters. The molecule has 2 aromatic rings. The third-order valence-corrected chi connectivity index (χ3v) is 3.69. The second-order valence-corrected chi connectivity index (χ2v) is 5.93. The van der Waals surface area contributed by atoms with Crippen molar-refractivity contribution in [3.8, 4) is 0 Å². The van der Waals surface area contributed by atoms with Crippen LogP contribution in [0.2, 0.25) is 5.02 Å². The van der Waals surface area contributed by atoms with Crippen LogP contribution in [-0.2, 0) is 6.54 Å². The summed E-state index contributed by atoms with van der Waals surface area (Å²) >= 11 is 5.85. The van der Waals surface area contributed by atoms with E-state index in [4.69, 9.17) is 11.6 Å². The predicted molar refractivity (Wildman–Crippen MR) is 95.2 cm³/mol. The molecule has 1 aromatic heterocycles. The van der Waals surface area contributed by atoms with Crippen molar-refractivity contribution in [1.82, 2.24) is 15.6 Å². The van der Waals surface area contributed by atoms with Crippen molar-refractivity contribution < 1.29 is 9.90 Å². The Kier molecular flexibility index (Phi) is 6.40. The molecule has 0 radical (unpaired) electrons. The van der Waals surface area contributed by atoms with Gasteiger partial charge in [0.25, 0.3) is 0 Å². The van der Waals surface area contributed by atoms with Crippen molar-refractivity contribution in [2.75, 3.05) is 25.6 Å². The molecular weight excluding hydrogens is 328 g/mol. The van der Waals surface area contributed by atoms with Gasteiger partial charge in [0, 0.05) is 19.1 Å². The number of rotatable bonds is 6. The van der Waals surface area contributed by atoms with E-state index in [9.17, 15) is 9.90 Å². The zero-order chi connectivity index (χ0) is 17.5. The molecule has 0 saturated carbocycles. The van der Waals surface area contributed by atoms with Gasteiger partial charge in [-0.15, -0.1) is 0 Å². The van der Waals surface area contributed by atoms with Gasteiger partial charge in [0.05, 0.1) is 24.9 Å². The van der Waals surface area contributed by atoms with Crippen LogP contribution in [0.4, 0.5) is 10.6 Å². The Morgan fingerprint density at radius 2 is 1.96 bits per heavy atom. The molecule has 0 saturated heterocycles. The normalized spacial score (nSPS) is 11.7. The first kappa shape index (κ1) is 18.0. The Labute approximate surface area is 146 Å². The summed E-state index contributed by atoms with van der Waals surface area (Å²) in [6.07, 6.45) is 0. The number of carbonyl (C=O) groups is 1. The van der Waals surface area contributed by atoms with Crippen LogP contribution in [0.5, 0.6) is 0 Å². The number of aliphatic hydroxyl groups is 1. The maximum absolute atomic E-state index is 12.0. The number of nitrogens with zero attached hydrogens (tertiary/aromatic N) is 2. The highest BCUT2D eigenvalue weighted by Gasteiger charge is 2.13. The van der Waals surface area contributed by atoms with E-state index in [-0.39, 0.29) is 12.6 Å². The number of hydrogen-bond donors (Lipinski definition) is 3. The average molecular weight is 349 g/mol. The molecule has 0 aliphatic heterocycles. The topological polar surface area (TPSA) is 77.5 Å². The lowest BCUT2D eigenvalue weighted by Gasteiger charge is -2.17. The number of anilines is 1. The summed E-state index contributed by atoms with van der Waals surface area (Å²) in [5.74, 6) is 0.823. The van der Waals surface area contributed by atoms with E-state index in [1.807, 2.05) is 37.2 Å². The molecule has 2 amide bonds. The van der Waals surface area contributed by atoms with Crippen molar-refractivity contribution in [1.29, 1.82) is 0 Å². The fraction of sp³-hybridized carbons (Fsp3) is 0.294. The van der Waals surface area contributed by atoms with Crippen molar-refractivity contribution in [2.24, 2.45) is 0 Å². The minimum Gasteiger partial charge on any atom is -0.394 e. The van der Waals surface area contributed by atoms with Crippen molar-refractivity contribution in [3.63, 3.8) is 0 Å². The van der Waals surface area contributed by atoms with Crippen LogP contribution in [0.3, 0.4) is 0 Å². The van der Waals surface area contributed by atoms with Gasteiger partial charge < -0.3 is 20.6 Å². The molecule has 6 nitrogen and oxygen atoms in total. The van der Waals surface area contributed by atoms with E-state index in [1.165, 1.54) is 0 Å². The first-order valence-corrected chi connectivity index (χ1v) is 7.91. The number of benzene rings is 1. The molecule has 1 aromatic carbocycles. The molecule has 0 aliphatic rings. The number of aromatic nitrogens is 1. The summed E-state index contributed by atoms with van der Waals surface area (Å²) in [4.78, 5) is 18.4. The van der Waals surface area contributed by atoms with E-state index in [0.29, 0.717) is 11.6 Å². The molecule has 0 fully saturated rings. The molecule has 128 valence electrons. The maximum atomic E-state index is 12.0. The summed E-state index contributed by atoms with van der Waals surface area (Å²) in [7, 11) is 3.81. The number of amides is 2. The second kappa shape index (κ2) is 8.52. The largest absolute Gasteiger partial charge is 0.394 e. The number of carbonyl (C=O) groups excluding carboxylic acids is 1. The Balaban J connectivity index is 1.92. The van der Waals surface area contributed by atoms with E-state index >= 15 is 0 Å². The summed E-state index contributed by atoms with van der Waals surface area (Å²) in [5, 5.41) is 15.6. The molecule has 7 heteroatoms. The summed E-state index contributed by atoms with van der Waals surface area (Å²) in [6.45, 7) is 0.0930. The Morgan fingerprint density at radius 3 is 2.58 bits per heavy atom. The van der Waals surface area contributed by atoms with Gasteiger partial charge in [-0.3, -0.25) is 0 Å². The Morgan fingerprint density at radius 1 is 1.25 bits per heavy atom. The highest BCUT2D eigenvalue weighted by atomic mass is 35.5. The van der Waals surface area contributed by atoms with Gasteiger partial charge in [-0.1, -0.05) is 29.8 Å². The minimum absolute atomic E-state index is 0.205. The van der Waals surface area contributed by atoms with Crippen LogP contribution in [0.1, 0.15) is 17.3 Å². The number of halogens is 1. The van der Waals surface area contributed by atoms with Crippen molar-refractivity contribution in [3.05, 3.63) is 58.7 Å². The predicted octanol–water partition coefficient (Wildman–Crippen LogP) is 2.33. The molecule has 0 aliphatic carbocycles. The molecule has 1 unspecified atom stereocenters. The maximum Gasteiger partial charge on any atom is 0.315 e. The van der Waals surface area contributed by atoms with Crippen LogP contribution in [-0.4, -0.2) is 36.8 Å². The molecule has 3 N–H and O–H groups in total. The third-order valence-electron chi connectivity index (χ3n) is 3.44. The number of urea groups is 1. The molecule has 1 heterocycles. The lowest BCUT2D eigenvalue weighted by molar-refractivity contribution is 0.216.